The fraction of sp³-hybridized carbons (Fsp3) is 0.409. The molecule has 2 aromatic carbocycles. The largest absolute Gasteiger partial charge is 0.336 e. The molecule has 1 heterocycles. The molecule has 2 unspecified atom stereocenters. The van der Waals surface area contributed by atoms with E-state index in [1.54, 1.807) is 0 Å². The molecule has 1 fully saturated rings. The number of rotatable bonds is 5. The normalized spacial score (nSPS) is 19.1. The van der Waals surface area contributed by atoms with E-state index in [9.17, 15) is 4.79 Å². The van der Waals surface area contributed by atoms with Crippen LogP contribution in [0, 0.1) is 0 Å². The number of piperazine rings is 1. The molecule has 3 rings (SSSR count). The molecule has 27 heavy (non-hydrogen) atoms. The summed E-state index contributed by atoms with van der Waals surface area (Å²) in [5.74, 6) is 0. The van der Waals surface area contributed by atoms with E-state index in [0.29, 0.717) is 6.54 Å². The maximum Gasteiger partial charge on any atom is 0.318 e. The molecule has 144 valence electrons. The highest BCUT2D eigenvalue weighted by atomic mass is 16.2. The van der Waals surface area contributed by atoms with Crippen LogP contribution in [0.5, 0.6) is 0 Å². The van der Waals surface area contributed by atoms with Crippen molar-refractivity contribution in [2.24, 2.45) is 0 Å². The van der Waals surface area contributed by atoms with Crippen molar-refractivity contribution in [3.8, 4) is 0 Å². The van der Waals surface area contributed by atoms with E-state index in [0.717, 1.165) is 19.6 Å². The lowest BCUT2D eigenvalue weighted by atomic mass is 10.0. The zero-order valence-electron chi connectivity index (χ0n) is 16.5. The van der Waals surface area contributed by atoms with E-state index in [4.69, 9.17) is 0 Å². The number of benzene rings is 2. The minimum absolute atomic E-state index is 0.0136. The maximum absolute atomic E-state index is 13.0. The number of nitrogens with one attached hydrogen (secondary N) is 1. The molecule has 1 aliphatic rings. The van der Waals surface area contributed by atoms with Crippen molar-refractivity contribution < 1.29 is 4.79 Å². The summed E-state index contributed by atoms with van der Waals surface area (Å²) >= 11 is 0. The molecule has 0 spiro atoms. The number of nitrogens with zero attached hydrogens (tertiary/aromatic N) is 3. The van der Waals surface area contributed by atoms with Crippen LogP contribution in [-0.2, 0) is 0 Å². The first-order valence-electron chi connectivity index (χ1n) is 9.55. The maximum atomic E-state index is 13.0. The van der Waals surface area contributed by atoms with Gasteiger partial charge in [-0.3, -0.25) is 0 Å². The highest BCUT2D eigenvalue weighted by Crippen LogP contribution is 2.25. The van der Waals surface area contributed by atoms with Gasteiger partial charge in [-0.1, -0.05) is 60.7 Å². The van der Waals surface area contributed by atoms with Gasteiger partial charge in [0.25, 0.3) is 0 Å². The van der Waals surface area contributed by atoms with Crippen molar-refractivity contribution in [2.45, 2.75) is 12.1 Å². The zero-order valence-corrected chi connectivity index (χ0v) is 16.5. The predicted molar refractivity (Wildman–Crippen MR) is 110 cm³/mol. The highest BCUT2D eigenvalue weighted by molar-refractivity contribution is 5.75. The Kier molecular flexibility index (Phi) is 6.48. The van der Waals surface area contributed by atoms with Gasteiger partial charge in [-0.15, -0.1) is 0 Å². The number of amides is 2. The Bertz CT molecular complexity index is 720. The third kappa shape index (κ3) is 4.87. The van der Waals surface area contributed by atoms with Gasteiger partial charge in [0.1, 0.15) is 0 Å². The summed E-state index contributed by atoms with van der Waals surface area (Å²) in [4.78, 5) is 19.4. The van der Waals surface area contributed by atoms with Gasteiger partial charge in [0.05, 0.1) is 12.1 Å². The van der Waals surface area contributed by atoms with Gasteiger partial charge in [-0.05, 0) is 32.3 Å². The Hall–Kier alpha value is -2.37. The molecule has 0 bridgehead atoms. The van der Waals surface area contributed by atoms with Crippen LogP contribution >= 0.6 is 0 Å². The van der Waals surface area contributed by atoms with Crippen LogP contribution in [-0.4, -0.2) is 68.1 Å². The summed E-state index contributed by atoms with van der Waals surface area (Å²) < 4.78 is 0. The molecule has 0 radical (unpaired) electrons. The fourth-order valence-corrected chi connectivity index (χ4v) is 3.68. The van der Waals surface area contributed by atoms with E-state index < -0.39 is 0 Å². The van der Waals surface area contributed by atoms with Crippen LogP contribution < -0.4 is 5.32 Å². The van der Waals surface area contributed by atoms with Crippen LogP contribution in [0.15, 0.2) is 60.7 Å². The number of carbonyl (C=O) groups is 1. The van der Waals surface area contributed by atoms with E-state index in [-0.39, 0.29) is 18.1 Å². The monoisotopic (exact) mass is 366 g/mol. The third-order valence-electron chi connectivity index (χ3n) is 5.28. The molecule has 5 nitrogen and oxygen atoms in total. The molecule has 1 aliphatic heterocycles. The molecule has 1 saturated heterocycles. The lowest BCUT2D eigenvalue weighted by molar-refractivity contribution is 0.107. The summed E-state index contributed by atoms with van der Waals surface area (Å²) in [5, 5.41) is 3.17. The topological polar surface area (TPSA) is 38.8 Å². The lowest BCUT2D eigenvalue weighted by Crippen LogP contribution is -2.53. The van der Waals surface area contributed by atoms with Crippen LogP contribution in [0.2, 0.25) is 0 Å². The molecular formula is C22H30N4O. The standard InChI is InChI=1S/C22H30N4O/c1-24(2)20(18-10-6-4-7-11-18)16-23-22(27)26-15-14-25(3)17-21(26)19-12-8-5-9-13-19/h4-13,20-21H,14-17H2,1-3H3,(H,23,27). The number of hydrogen-bond donors (Lipinski definition) is 1. The van der Waals surface area contributed by atoms with Crippen LogP contribution in [0.25, 0.3) is 0 Å². The molecule has 2 atom stereocenters. The molecule has 0 saturated carbocycles. The Balaban J connectivity index is 1.70. The lowest BCUT2D eigenvalue weighted by Gasteiger charge is -2.40. The predicted octanol–water partition coefficient (Wildman–Crippen LogP) is 2.99. The summed E-state index contributed by atoms with van der Waals surface area (Å²) in [6.07, 6.45) is 0. The van der Waals surface area contributed by atoms with Crippen molar-refractivity contribution in [3.63, 3.8) is 0 Å². The van der Waals surface area contributed by atoms with Crippen molar-refractivity contribution in [1.82, 2.24) is 20.0 Å². The fourth-order valence-electron chi connectivity index (χ4n) is 3.68. The third-order valence-corrected chi connectivity index (χ3v) is 5.28. The van der Waals surface area contributed by atoms with E-state index in [1.165, 1.54) is 11.1 Å². The van der Waals surface area contributed by atoms with Crippen molar-refractivity contribution in [2.75, 3.05) is 47.3 Å². The smallest absolute Gasteiger partial charge is 0.318 e. The molecule has 2 aromatic rings. The summed E-state index contributed by atoms with van der Waals surface area (Å²) in [6, 6.07) is 20.9. The molecule has 0 aliphatic carbocycles. The molecule has 1 N–H and O–H groups in total. The van der Waals surface area contributed by atoms with Gasteiger partial charge in [0.15, 0.2) is 0 Å². The summed E-state index contributed by atoms with van der Waals surface area (Å²) in [6.45, 7) is 3.07. The summed E-state index contributed by atoms with van der Waals surface area (Å²) in [7, 11) is 6.21. The zero-order chi connectivity index (χ0) is 19.2. The van der Waals surface area contributed by atoms with Gasteiger partial charge in [0, 0.05) is 26.2 Å². The van der Waals surface area contributed by atoms with E-state index >= 15 is 0 Å². The second kappa shape index (κ2) is 9.02. The number of hydrogen-bond acceptors (Lipinski definition) is 3. The van der Waals surface area contributed by atoms with Gasteiger partial charge in [-0.2, -0.15) is 0 Å². The minimum Gasteiger partial charge on any atom is -0.336 e. The minimum atomic E-state index is 0.0136. The Morgan fingerprint density at radius 1 is 1.07 bits per heavy atom. The van der Waals surface area contributed by atoms with Gasteiger partial charge in [0.2, 0.25) is 0 Å². The number of likely N-dealkylation sites (N-methyl/N-ethyl adjacent to an activating group) is 2. The Labute approximate surface area is 162 Å². The SMILES string of the molecule is CN1CCN(C(=O)NCC(c2ccccc2)N(C)C)C(c2ccccc2)C1. The highest BCUT2D eigenvalue weighted by Gasteiger charge is 2.30. The number of carbonyl (C=O) groups excluding carboxylic acids is 1. The second-order valence-electron chi connectivity index (χ2n) is 7.46. The van der Waals surface area contributed by atoms with Crippen LogP contribution in [0.3, 0.4) is 0 Å². The number of urea groups is 1. The van der Waals surface area contributed by atoms with E-state index in [2.05, 4.69) is 46.4 Å². The summed E-state index contributed by atoms with van der Waals surface area (Å²) in [5.41, 5.74) is 2.40. The molecule has 2 amide bonds. The van der Waals surface area contributed by atoms with Gasteiger partial charge >= 0.3 is 6.03 Å². The van der Waals surface area contributed by atoms with Gasteiger partial charge in [-0.25, -0.2) is 4.79 Å². The van der Waals surface area contributed by atoms with E-state index in [1.807, 2.05) is 55.4 Å². The van der Waals surface area contributed by atoms with Crippen molar-refractivity contribution in [1.29, 1.82) is 0 Å². The first kappa shape index (κ1) is 19.4. The second-order valence-corrected chi connectivity index (χ2v) is 7.46. The van der Waals surface area contributed by atoms with Crippen LogP contribution in [0.1, 0.15) is 23.2 Å². The van der Waals surface area contributed by atoms with Gasteiger partial charge < -0.3 is 20.0 Å². The Morgan fingerprint density at radius 3 is 2.33 bits per heavy atom. The Morgan fingerprint density at radius 2 is 1.70 bits per heavy atom. The van der Waals surface area contributed by atoms with Crippen molar-refractivity contribution >= 4 is 6.03 Å². The quantitative estimate of drug-likeness (QED) is 0.884. The average Bonchev–Trinajstić information content (AvgIpc) is 2.69. The van der Waals surface area contributed by atoms with Crippen molar-refractivity contribution in [3.05, 3.63) is 71.8 Å². The molecular weight excluding hydrogens is 336 g/mol. The first-order valence-corrected chi connectivity index (χ1v) is 9.55. The molecule has 5 heteroatoms. The average molecular weight is 367 g/mol. The first-order chi connectivity index (χ1) is 13.1. The molecule has 0 aromatic heterocycles. The van der Waals surface area contributed by atoms with Crippen LogP contribution in [0.4, 0.5) is 4.79 Å².